The lowest BCUT2D eigenvalue weighted by atomic mass is 10.3. The van der Waals surface area contributed by atoms with Crippen LogP contribution in [0.5, 0.6) is 0 Å². The standard InChI is InChI=1S/C12H11N5O2S/c18-11(13-5-10-14-7-15-17-10)6-20-12-16-8-3-1-2-4-9(8)19-12/h1-4,7H,5-6H2,(H,13,18)(H,14,15,17). The number of para-hydroxylation sites is 2. The van der Waals surface area contributed by atoms with Crippen LogP contribution in [0.4, 0.5) is 0 Å². The van der Waals surface area contributed by atoms with E-state index in [0.717, 1.165) is 11.1 Å². The Kier molecular flexibility index (Phi) is 3.64. The molecule has 3 aromatic rings. The number of thioether (sulfide) groups is 1. The zero-order chi connectivity index (χ0) is 13.8. The smallest absolute Gasteiger partial charge is 0.257 e. The van der Waals surface area contributed by atoms with Gasteiger partial charge in [-0.3, -0.25) is 9.89 Å². The van der Waals surface area contributed by atoms with E-state index in [9.17, 15) is 4.79 Å². The zero-order valence-electron chi connectivity index (χ0n) is 10.4. The molecule has 2 aromatic heterocycles. The average molecular weight is 289 g/mol. The van der Waals surface area contributed by atoms with E-state index < -0.39 is 0 Å². The number of nitrogens with one attached hydrogen (secondary N) is 2. The first-order chi connectivity index (χ1) is 9.81. The van der Waals surface area contributed by atoms with E-state index in [4.69, 9.17) is 4.42 Å². The van der Waals surface area contributed by atoms with Crippen molar-refractivity contribution in [3.8, 4) is 0 Å². The minimum absolute atomic E-state index is 0.117. The maximum atomic E-state index is 11.7. The number of hydrogen-bond donors (Lipinski definition) is 2. The molecule has 1 amide bonds. The molecular formula is C12H11N5O2S. The lowest BCUT2D eigenvalue weighted by Crippen LogP contribution is -2.25. The number of rotatable bonds is 5. The Labute approximate surface area is 118 Å². The number of aromatic nitrogens is 4. The van der Waals surface area contributed by atoms with Crippen molar-refractivity contribution in [3.63, 3.8) is 0 Å². The molecule has 1 aromatic carbocycles. The summed E-state index contributed by atoms with van der Waals surface area (Å²) in [6, 6.07) is 7.48. The van der Waals surface area contributed by atoms with Crippen molar-refractivity contribution in [1.29, 1.82) is 0 Å². The fourth-order valence-corrected chi connectivity index (χ4v) is 2.26. The van der Waals surface area contributed by atoms with Gasteiger partial charge in [0.1, 0.15) is 17.7 Å². The van der Waals surface area contributed by atoms with Crippen molar-refractivity contribution in [2.75, 3.05) is 5.75 Å². The number of amides is 1. The van der Waals surface area contributed by atoms with Crippen molar-refractivity contribution < 1.29 is 9.21 Å². The van der Waals surface area contributed by atoms with Crippen LogP contribution in [0.15, 0.2) is 40.2 Å². The Morgan fingerprint density at radius 3 is 3.10 bits per heavy atom. The first kappa shape index (κ1) is 12.7. The van der Waals surface area contributed by atoms with Gasteiger partial charge in [-0.15, -0.1) is 0 Å². The highest BCUT2D eigenvalue weighted by Crippen LogP contribution is 2.22. The maximum Gasteiger partial charge on any atom is 0.257 e. The summed E-state index contributed by atoms with van der Waals surface area (Å²) >= 11 is 1.26. The zero-order valence-corrected chi connectivity index (χ0v) is 11.2. The highest BCUT2D eigenvalue weighted by atomic mass is 32.2. The lowest BCUT2D eigenvalue weighted by Gasteiger charge is -2.00. The predicted octanol–water partition coefficient (Wildman–Crippen LogP) is 1.35. The molecule has 2 heterocycles. The van der Waals surface area contributed by atoms with Gasteiger partial charge in [-0.25, -0.2) is 9.97 Å². The summed E-state index contributed by atoms with van der Waals surface area (Å²) in [6.45, 7) is 0.326. The third-order valence-corrected chi connectivity index (χ3v) is 3.35. The van der Waals surface area contributed by atoms with E-state index in [-0.39, 0.29) is 11.7 Å². The van der Waals surface area contributed by atoms with Gasteiger partial charge in [0.25, 0.3) is 5.22 Å². The summed E-state index contributed by atoms with van der Waals surface area (Å²) in [5.41, 5.74) is 1.51. The van der Waals surface area contributed by atoms with Crippen LogP contribution in [0.25, 0.3) is 11.1 Å². The van der Waals surface area contributed by atoms with Crippen molar-refractivity contribution >= 4 is 28.8 Å². The Hall–Kier alpha value is -2.35. The monoisotopic (exact) mass is 289 g/mol. The van der Waals surface area contributed by atoms with Crippen LogP contribution in [0.1, 0.15) is 5.82 Å². The minimum Gasteiger partial charge on any atom is -0.431 e. The molecule has 7 nitrogen and oxygen atoms in total. The molecule has 20 heavy (non-hydrogen) atoms. The van der Waals surface area contributed by atoms with Crippen LogP contribution in [-0.4, -0.2) is 31.8 Å². The second-order valence-electron chi connectivity index (χ2n) is 3.95. The molecular weight excluding hydrogens is 278 g/mol. The molecule has 102 valence electrons. The Morgan fingerprint density at radius 1 is 1.40 bits per heavy atom. The fourth-order valence-electron chi connectivity index (χ4n) is 1.59. The molecule has 0 saturated heterocycles. The van der Waals surface area contributed by atoms with Gasteiger partial charge in [-0.1, -0.05) is 23.9 Å². The van der Waals surface area contributed by atoms with Crippen LogP contribution in [-0.2, 0) is 11.3 Å². The molecule has 0 atom stereocenters. The van der Waals surface area contributed by atoms with Crippen LogP contribution < -0.4 is 5.32 Å². The number of benzene rings is 1. The molecule has 0 unspecified atom stereocenters. The fraction of sp³-hybridized carbons (Fsp3) is 0.167. The van der Waals surface area contributed by atoms with Gasteiger partial charge in [0.2, 0.25) is 5.91 Å². The van der Waals surface area contributed by atoms with Crippen LogP contribution in [0.2, 0.25) is 0 Å². The quantitative estimate of drug-likeness (QED) is 0.688. The minimum atomic E-state index is -0.117. The van der Waals surface area contributed by atoms with E-state index >= 15 is 0 Å². The number of fused-ring (bicyclic) bond motifs is 1. The molecule has 8 heteroatoms. The van der Waals surface area contributed by atoms with Crippen molar-refractivity contribution in [2.45, 2.75) is 11.8 Å². The van der Waals surface area contributed by atoms with E-state index in [0.29, 0.717) is 17.6 Å². The summed E-state index contributed by atoms with van der Waals surface area (Å²) in [5, 5.41) is 9.58. The molecule has 0 spiro atoms. The highest BCUT2D eigenvalue weighted by Gasteiger charge is 2.09. The van der Waals surface area contributed by atoms with Crippen molar-refractivity contribution in [1.82, 2.24) is 25.5 Å². The van der Waals surface area contributed by atoms with E-state index in [1.165, 1.54) is 18.1 Å². The molecule has 2 N–H and O–H groups in total. The van der Waals surface area contributed by atoms with Crippen LogP contribution in [0.3, 0.4) is 0 Å². The predicted molar refractivity (Wildman–Crippen MR) is 73.0 cm³/mol. The molecule has 0 saturated carbocycles. The number of carbonyl (C=O) groups is 1. The largest absolute Gasteiger partial charge is 0.431 e. The highest BCUT2D eigenvalue weighted by molar-refractivity contribution is 7.99. The molecule has 3 rings (SSSR count). The van der Waals surface area contributed by atoms with Gasteiger partial charge in [-0.2, -0.15) is 5.10 Å². The average Bonchev–Trinajstić information content (AvgIpc) is 3.11. The van der Waals surface area contributed by atoms with Crippen LogP contribution in [0, 0.1) is 0 Å². The van der Waals surface area contributed by atoms with E-state index in [1.807, 2.05) is 24.3 Å². The number of carbonyl (C=O) groups excluding carboxylic acids is 1. The number of oxazole rings is 1. The van der Waals surface area contributed by atoms with Gasteiger partial charge in [0.15, 0.2) is 5.58 Å². The second kappa shape index (κ2) is 5.74. The third kappa shape index (κ3) is 2.97. The summed E-state index contributed by atoms with van der Waals surface area (Å²) in [6.07, 6.45) is 1.40. The van der Waals surface area contributed by atoms with Gasteiger partial charge in [0.05, 0.1) is 12.3 Å². The van der Waals surface area contributed by atoms with Gasteiger partial charge >= 0.3 is 0 Å². The Balaban J connectivity index is 1.52. The SMILES string of the molecule is O=C(CSc1nc2ccccc2o1)NCc1ncn[nH]1. The Bertz CT molecular complexity index is 677. The Morgan fingerprint density at radius 2 is 2.30 bits per heavy atom. The number of nitrogens with zero attached hydrogens (tertiary/aromatic N) is 3. The van der Waals surface area contributed by atoms with Gasteiger partial charge in [0, 0.05) is 0 Å². The molecule has 0 radical (unpaired) electrons. The van der Waals surface area contributed by atoms with Crippen LogP contribution >= 0.6 is 11.8 Å². The number of hydrogen-bond acceptors (Lipinski definition) is 6. The molecule has 0 aliphatic carbocycles. The molecule has 0 fully saturated rings. The summed E-state index contributed by atoms with van der Waals surface area (Å²) < 4.78 is 5.51. The topological polar surface area (TPSA) is 96.7 Å². The first-order valence-electron chi connectivity index (χ1n) is 5.90. The normalized spacial score (nSPS) is 10.8. The third-order valence-electron chi connectivity index (χ3n) is 2.52. The molecule has 0 aliphatic rings. The van der Waals surface area contributed by atoms with E-state index in [2.05, 4.69) is 25.5 Å². The second-order valence-corrected chi connectivity index (χ2v) is 4.87. The molecule has 0 aliphatic heterocycles. The number of aromatic amines is 1. The van der Waals surface area contributed by atoms with E-state index in [1.54, 1.807) is 0 Å². The maximum absolute atomic E-state index is 11.7. The van der Waals surface area contributed by atoms with Crippen molar-refractivity contribution in [3.05, 3.63) is 36.4 Å². The summed E-state index contributed by atoms with van der Waals surface area (Å²) in [4.78, 5) is 19.9. The summed E-state index contributed by atoms with van der Waals surface area (Å²) in [7, 11) is 0. The first-order valence-corrected chi connectivity index (χ1v) is 6.89. The van der Waals surface area contributed by atoms with Gasteiger partial charge in [-0.05, 0) is 12.1 Å². The van der Waals surface area contributed by atoms with Gasteiger partial charge < -0.3 is 9.73 Å². The van der Waals surface area contributed by atoms with Crippen molar-refractivity contribution in [2.24, 2.45) is 0 Å². The summed E-state index contributed by atoms with van der Waals surface area (Å²) in [5.74, 6) is 0.736. The molecule has 0 bridgehead atoms. The number of H-pyrrole nitrogens is 1. The lowest BCUT2D eigenvalue weighted by molar-refractivity contribution is -0.118.